The molecular formula is C58H68N2O8. The van der Waals surface area contributed by atoms with Crippen LogP contribution in [-0.2, 0) is 0 Å². The van der Waals surface area contributed by atoms with Gasteiger partial charge in [-0.05, 0) is 120 Å². The number of nitrogens with zero attached hydrogens (tertiary/aromatic N) is 2. The van der Waals surface area contributed by atoms with Gasteiger partial charge in [-0.1, -0.05) is 103 Å². The highest BCUT2D eigenvalue weighted by molar-refractivity contribution is 6.15. The maximum absolute atomic E-state index is 12.5. The van der Waals surface area contributed by atoms with Gasteiger partial charge in [-0.25, -0.2) is 0 Å². The van der Waals surface area contributed by atoms with Gasteiger partial charge in [0.15, 0.2) is 23.0 Å². The van der Waals surface area contributed by atoms with Crippen LogP contribution < -0.4 is 9.47 Å². The van der Waals surface area contributed by atoms with E-state index in [4.69, 9.17) is 9.47 Å². The van der Waals surface area contributed by atoms with E-state index in [2.05, 4.69) is 34.3 Å². The van der Waals surface area contributed by atoms with Gasteiger partial charge >= 0.3 is 0 Å². The Morgan fingerprint density at radius 2 is 0.853 bits per heavy atom. The number of aromatic hydroxyl groups is 6. The van der Waals surface area contributed by atoms with Crippen LogP contribution in [0.4, 0.5) is 0 Å². The Kier molecular flexibility index (Phi) is 14.7. The Hall–Kier alpha value is -6.42. The predicted octanol–water partition coefficient (Wildman–Crippen LogP) is 13.8. The van der Waals surface area contributed by atoms with Crippen molar-refractivity contribution < 1.29 is 40.1 Å². The summed E-state index contributed by atoms with van der Waals surface area (Å²) < 4.78 is 12.1. The van der Waals surface area contributed by atoms with Crippen molar-refractivity contribution in [2.75, 3.05) is 26.3 Å². The molecule has 0 aromatic heterocycles. The number of fused-ring (bicyclic) bond motifs is 2. The second-order valence-corrected chi connectivity index (χ2v) is 19.6. The minimum atomic E-state index is -0.422. The fraction of sp³-hybridized carbons (Fsp3) is 0.414. The van der Waals surface area contributed by atoms with Gasteiger partial charge in [0.1, 0.15) is 36.2 Å². The molecule has 6 aromatic carbocycles. The first kappa shape index (κ1) is 48.1. The zero-order valence-corrected chi connectivity index (χ0v) is 40.5. The molecular weight excluding hydrogens is 853 g/mol. The van der Waals surface area contributed by atoms with E-state index in [9.17, 15) is 30.6 Å². The van der Waals surface area contributed by atoms with Crippen LogP contribution in [-0.4, -0.2) is 69.4 Å². The highest BCUT2D eigenvalue weighted by Crippen LogP contribution is 2.54. The topological polar surface area (TPSA) is 165 Å². The molecule has 10 nitrogen and oxygen atoms in total. The number of ether oxygens (including phenoxy) is 2. The number of hydrogen-bond donors (Lipinski definition) is 6. The smallest absolute Gasteiger partial charge is 0.167 e. The molecule has 2 saturated carbocycles. The number of hydrogen-bond acceptors (Lipinski definition) is 10. The van der Waals surface area contributed by atoms with Gasteiger partial charge in [0, 0.05) is 56.6 Å². The summed E-state index contributed by atoms with van der Waals surface area (Å²) in [7, 11) is 0. The lowest BCUT2D eigenvalue weighted by Crippen LogP contribution is -2.05. The van der Waals surface area contributed by atoms with Crippen LogP contribution in [0.2, 0.25) is 0 Å². The predicted molar refractivity (Wildman–Crippen MR) is 275 cm³/mol. The lowest BCUT2D eigenvalue weighted by molar-refractivity contribution is 0.328. The average Bonchev–Trinajstić information content (AvgIpc) is 3.33. The minimum absolute atomic E-state index is 0.121. The maximum Gasteiger partial charge on any atom is 0.167 e. The highest BCUT2D eigenvalue weighted by atomic mass is 16.5. The van der Waals surface area contributed by atoms with Crippen molar-refractivity contribution in [2.45, 2.75) is 129 Å². The molecule has 0 heterocycles. The molecule has 0 bridgehead atoms. The number of phenols is 6. The second kappa shape index (κ2) is 20.8. The number of phenolic OH excluding ortho intramolecular Hbond substituents is 6. The number of aryl methyl sites for hydroxylation is 2. The second-order valence-electron chi connectivity index (χ2n) is 19.6. The third-order valence-electron chi connectivity index (χ3n) is 14.3. The lowest BCUT2D eigenvalue weighted by Gasteiger charge is -2.23. The SMILES string of the molecule is Cc1cc2c(C(C)C)c(O)c(O)c(C=NCCOc3ccc(C4CCCCC4)cc3)c2c(O)c1-c1c(C)cc2c(C(C)C)c(O)c(O)c(C=NCCOc3ccc(C4CCCCC4)cc3)c2c1O. The molecule has 0 amide bonds. The van der Waals surface area contributed by atoms with E-state index in [1.165, 1.54) is 87.8 Å². The van der Waals surface area contributed by atoms with Gasteiger partial charge in [0.2, 0.25) is 0 Å². The quantitative estimate of drug-likeness (QED) is 0.0337. The Balaban J connectivity index is 1.12. The van der Waals surface area contributed by atoms with Crippen molar-refractivity contribution in [2.24, 2.45) is 9.98 Å². The molecule has 0 radical (unpaired) electrons. The van der Waals surface area contributed by atoms with E-state index in [-0.39, 0.29) is 83.0 Å². The lowest BCUT2D eigenvalue weighted by atomic mass is 9.83. The fourth-order valence-electron chi connectivity index (χ4n) is 10.9. The fourth-order valence-corrected chi connectivity index (χ4v) is 10.9. The van der Waals surface area contributed by atoms with Gasteiger partial charge in [-0.2, -0.15) is 0 Å². The first-order chi connectivity index (χ1) is 32.8. The Labute approximate surface area is 400 Å². The molecule has 6 N–H and O–H groups in total. The van der Waals surface area contributed by atoms with Crippen molar-refractivity contribution in [1.82, 2.24) is 0 Å². The maximum atomic E-state index is 12.5. The van der Waals surface area contributed by atoms with Gasteiger partial charge in [0.05, 0.1) is 13.1 Å². The van der Waals surface area contributed by atoms with Crippen molar-refractivity contribution >= 4 is 34.0 Å². The molecule has 10 heteroatoms. The molecule has 358 valence electrons. The van der Waals surface area contributed by atoms with Crippen LogP contribution in [0.15, 0.2) is 70.6 Å². The van der Waals surface area contributed by atoms with E-state index in [1.54, 1.807) is 0 Å². The van der Waals surface area contributed by atoms with Gasteiger partial charge < -0.3 is 40.1 Å². The van der Waals surface area contributed by atoms with Gasteiger partial charge in [0.25, 0.3) is 0 Å². The summed E-state index contributed by atoms with van der Waals surface area (Å²) in [5, 5.41) is 72.8. The third-order valence-corrected chi connectivity index (χ3v) is 14.3. The average molecular weight is 921 g/mol. The summed E-state index contributed by atoms with van der Waals surface area (Å²) in [4.78, 5) is 9.19. The van der Waals surface area contributed by atoms with Gasteiger partial charge in [-0.15, -0.1) is 0 Å². The molecule has 0 unspecified atom stereocenters. The number of benzene rings is 6. The Morgan fingerprint density at radius 1 is 0.500 bits per heavy atom. The molecule has 0 atom stereocenters. The molecule has 2 aliphatic carbocycles. The standard InChI is InChI=1S/C58H68N2O8/c1-33(2)47-43-29-35(5)49(55(63)51(43)45(53(61)57(47)65)31-59-25-27-67-41-21-17-39(18-22-41)37-13-9-7-10-14-37)50-36(6)30-44-48(34(3)4)58(66)54(62)46(52(44)56(50)64)32-60-26-28-68-42-23-19-40(20-24-42)38-15-11-8-12-16-38/h17-24,29-34,37-38,61-66H,7-16,25-28H2,1-6H3. The first-order valence-corrected chi connectivity index (χ1v) is 24.7. The van der Waals surface area contributed by atoms with Crippen LogP contribution >= 0.6 is 0 Å². The van der Waals surface area contributed by atoms with Crippen molar-refractivity contribution in [3.8, 4) is 57.1 Å². The molecule has 6 aromatic rings. The summed E-state index contributed by atoms with van der Waals surface area (Å²) >= 11 is 0. The minimum Gasteiger partial charge on any atom is -0.507 e. The summed E-state index contributed by atoms with van der Waals surface area (Å²) in [5.41, 5.74) is 5.64. The molecule has 2 fully saturated rings. The van der Waals surface area contributed by atoms with Crippen LogP contribution in [0.25, 0.3) is 32.7 Å². The van der Waals surface area contributed by atoms with Crippen LogP contribution in [0.5, 0.6) is 46.0 Å². The number of rotatable bonds is 15. The van der Waals surface area contributed by atoms with E-state index >= 15 is 0 Å². The zero-order chi connectivity index (χ0) is 48.2. The summed E-state index contributed by atoms with van der Waals surface area (Å²) in [6, 6.07) is 20.3. The zero-order valence-electron chi connectivity index (χ0n) is 40.5. The summed E-state index contributed by atoms with van der Waals surface area (Å²) in [5.74, 6) is 0.336. The molecule has 0 saturated heterocycles. The molecule has 0 aliphatic heterocycles. The molecule has 68 heavy (non-hydrogen) atoms. The van der Waals surface area contributed by atoms with Crippen LogP contribution in [0.3, 0.4) is 0 Å². The van der Waals surface area contributed by atoms with Gasteiger partial charge in [-0.3, -0.25) is 9.98 Å². The highest BCUT2D eigenvalue weighted by Gasteiger charge is 2.30. The first-order valence-electron chi connectivity index (χ1n) is 24.7. The summed E-state index contributed by atoms with van der Waals surface area (Å²) in [6.45, 7) is 12.2. The van der Waals surface area contributed by atoms with Crippen molar-refractivity contribution in [3.63, 3.8) is 0 Å². The number of aliphatic imine (C=N–C) groups is 2. The van der Waals surface area contributed by atoms with E-state index in [1.807, 2.05) is 77.9 Å². The van der Waals surface area contributed by atoms with Crippen molar-refractivity contribution in [1.29, 1.82) is 0 Å². The van der Waals surface area contributed by atoms with E-state index in [0.29, 0.717) is 56.0 Å². The molecule has 2 aliphatic rings. The summed E-state index contributed by atoms with van der Waals surface area (Å²) in [6.07, 6.45) is 15.5. The Bertz CT molecular complexity index is 2640. The monoisotopic (exact) mass is 920 g/mol. The normalized spacial score (nSPS) is 15.2. The van der Waals surface area contributed by atoms with E-state index < -0.39 is 11.5 Å². The Morgan fingerprint density at radius 3 is 1.19 bits per heavy atom. The molecule has 0 spiro atoms. The third kappa shape index (κ3) is 9.65. The largest absolute Gasteiger partial charge is 0.507 e. The van der Waals surface area contributed by atoms with Crippen molar-refractivity contribution in [3.05, 3.63) is 105 Å². The van der Waals surface area contributed by atoms with Crippen LogP contribution in [0.1, 0.15) is 160 Å². The van der Waals surface area contributed by atoms with E-state index in [0.717, 1.165) is 11.5 Å². The molecule has 8 rings (SSSR count). The van der Waals surface area contributed by atoms with Crippen LogP contribution in [0, 0.1) is 13.8 Å².